The molecule has 0 fully saturated rings. The second-order valence-electron chi connectivity index (χ2n) is 8.53. The minimum atomic E-state index is -0.524. The fourth-order valence-corrected chi connectivity index (χ4v) is 3.97. The summed E-state index contributed by atoms with van der Waals surface area (Å²) in [6.07, 6.45) is 0.460. The Morgan fingerprint density at radius 1 is 0.971 bits per heavy atom. The van der Waals surface area contributed by atoms with Gasteiger partial charge in [-0.1, -0.05) is 30.3 Å². The lowest BCUT2D eigenvalue weighted by Gasteiger charge is -2.25. The van der Waals surface area contributed by atoms with Crippen LogP contribution < -0.4 is 0 Å². The number of rotatable bonds is 5. The number of hydrogen-bond donors (Lipinski definition) is 0. The van der Waals surface area contributed by atoms with Gasteiger partial charge in [0.05, 0.1) is 11.8 Å². The van der Waals surface area contributed by atoms with Gasteiger partial charge in [0.2, 0.25) is 0 Å². The summed E-state index contributed by atoms with van der Waals surface area (Å²) < 4.78 is 27.1. The van der Waals surface area contributed by atoms with E-state index in [0.29, 0.717) is 6.42 Å². The first kappa shape index (κ1) is 23.3. The van der Waals surface area contributed by atoms with E-state index in [9.17, 15) is 18.4 Å². The van der Waals surface area contributed by atoms with Crippen molar-refractivity contribution in [3.63, 3.8) is 0 Å². The minimum Gasteiger partial charge on any atom is -0.332 e. The van der Waals surface area contributed by atoms with Crippen molar-refractivity contribution in [3.8, 4) is 0 Å². The van der Waals surface area contributed by atoms with Gasteiger partial charge in [0, 0.05) is 19.0 Å². The van der Waals surface area contributed by atoms with Gasteiger partial charge in [-0.3, -0.25) is 9.59 Å². The Morgan fingerprint density at radius 2 is 1.71 bits per heavy atom. The molecule has 1 aliphatic heterocycles. The Morgan fingerprint density at radius 3 is 2.38 bits per heavy atom. The van der Waals surface area contributed by atoms with E-state index in [-0.39, 0.29) is 23.8 Å². The molecule has 0 unspecified atom stereocenters. The molecule has 34 heavy (non-hydrogen) atoms. The second kappa shape index (κ2) is 9.55. The summed E-state index contributed by atoms with van der Waals surface area (Å²) in [4.78, 5) is 27.2. The average Bonchev–Trinajstić information content (AvgIpc) is 3.26. The van der Waals surface area contributed by atoms with Crippen LogP contribution >= 0.6 is 0 Å². The van der Waals surface area contributed by atoms with Crippen molar-refractivity contribution in [1.29, 1.82) is 0 Å². The lowest BCUT2D eigenvalue weighted by Crippen LogP contribution is -2.39. The zero-order valence-corrected chi connectivity index (χ0v) is 19.3. The maximum atomic E-state index is 13.5. The number of aryl methyl sites for hydroxylation is 2. The summed E-state index contributed by atoms with van der Waals surface area (Å²) in [7, 11) is 1.49. The number of benzene rings is 3. The first-order valence-electron chi connectivity index (χ1n) is 11.0. The van der Waals surface area contributed by atoms with Crippen molar-refractivity contribution in [2.24, 2.45) is 5.10 Å². The molecule has 174 valence electrons. The Bertz CT molecular complexity index is 1270. The van der Waals surface area contributed by atoms with Gasteiger partial charge in [0.1, 0.15) is 18.2 Å². The summed E-state index contributed by atoms with van der Waals surface area (Å²) in [5, 5.41) is 5.99. The summed E-state index contributed by atoms with van der Waals surface area (Å²) in [6.45, 7) is 3.80. The van der Waals surface area contributed by atoms with Crippen LogP contribution in [0.15, 0.2) is 71.8 Å². The van der Waals surface area contributed by atoms with Crippen LogP contribution in [0.4, 0.5) is 8.78 Å². The van der Waals surface area contributed by atoms with Crippen LogP contribution in [0.25, 0.3) is 0 Å². The fraction of sp³-hybridized carbons (Fsp3) is 0.222. The van der Waals surface area contributed by atoms with Crippen LogP contribution in [0.2, 0.25) is 0 Å². The molecule has 4 rings (SSSR count). The van der Waals surface area contributed by atoms with E-state index in [1.807, 2.05) is 32.0 Å². The molecule has 0 radical (unpaired) electrons. The molecule has 3 aromatic rings. The molecule has 1 aliphatic rings. The Hall–Kier alpha value is -3.87. The molecule has 1 heterocycles. The van der Waals surface area contributed by atoms with Crippen molar-refractivity contribution < 1.29 is 18.4 Å². The van der Waals surface area contributed by atoms with Crippen molar-refractivity contribution in [3.05, 3.63) is 106 Å². The zero-order chi connectivity index (χ0) is 24.4. The average molecular weight is 462 g/mol. The number of nitrogens with zero attached hydrogens (tertiary/aromatic N) is 3. The molecule has 5 nitrogen and oxygen atoms in total. The molecule has 0 bridgehead atoms. The van der Waals surface area contributed by atoms with Gasteiger partial charge in [0.15, 0.2) is 0 Å². The summed E-state index contributed by atoms with van der Waals surface area (Å²) in [5.74, 6) is -1.75. The lowest BCUT2D eigenvalue weighted by atomic mass is 9.96. The highest BCUT2D eigenvalue weighted by molar-refractivity contribution is 6.04. The first-order chi connectivity index (χ1) is 16.2. The molecule has 0 aromatic heterocycles. The molecule has 0 spiro atoms. The van der Waals surface area contributed by atoms with E-state index in [4.69, 9.17) is 0 Å². The number of amides is 2. The van der Waals surface area contributed by atoms with E-state index >= 15 is 0 Å². The quantitative estimate of drug-likeness (QED) is 0.535. The second-order valence-corrected chi connectivity index (χ2v) is 8.53. The Balaban J connectivity index is 1.61. The summed E-state index contributed by atoms with van der Waals surface area (Å²) in [6, 6.07) is 16.9. The normalized spacial score (nSPS) is 15.3. The molecule has 0 saturated carbocycles. The fourth-order valence-electron chi connectivity index (χ4n) is 3.97. The molecule has 0 saturated heterocycles. The van der Waals surface area contributed by atoms with E-state index in [1.165, 1.54) is 47.3 Å². The molecule has 0 N–H and O–H groups in total. The topological polar surface area (TPSA) is 53.0 Å². The number of carbonyl (C=O) groups is 2. The third-order valence-corrected chi connectivity index (χ3v) is 6.05. The van der Waals surface area contributed by atoms with E-state index in [2.05, 4.69) is 5.10 Å². The molecule has 2 amide bonds. The smallest absolute Gasteiger partial charge is 0.262 e. The third-order valence-electron chi connectivity index (χ3n) is 6.05. The SMILES string of the molecule is Cc1ccc(C2=NN(C(=O)CN(C)C(=O)c3cccc(F)c3)[C@@H](c3ccc(F)cc3)C2)cc1C. The standard InChI is InChI=1S/C27H25F2N3O2/c1-17-7-8-20(13-18(17)2)24-15-25(19-9-11-22(28)12-10-19)32(30-24)26(33)16-31(3)27(34)21-5-4-6-23(29)14-21/h4-14,25H,15-16H2,1-3H3/t25-/m1/s1. The van der Waals surface area contributed by atoms with Gasteiger partial charge < -0.3 is 4.90 Å². The third kappa shape index (κ3) is 4.88. The molecule has 1 atom stereocenters. The first-order valence-corrected chi connectivity index (χ1v) is 11.0. The largest absolute Gasteiger partial charge is 0.332 e. The van der Waals surface area contributed by atoms with E-state index in [0.717, 1.165) is 34.0 Å². The molecular formula is C27H25F2N3O2. The molecule has 0 aliphatic carbocycles. The maximum absolute atomic E-state index is 13.5. The number of halogens is 2. The van der Waals surface area contributed by atoms with E-state index in [1.54, 1.807) is 12.1 Å². The zero-order valence-electron chi connectivity index (χ0n) is 19.3. The molecular weight excluding hydrogens is 436 g/mol. The predicted octanol–water partition coefficient (Wildman–Crippen LogP) is 5.03. The molecule has 7 heteroatoms. The highest BCUT2D eigenvalue weighted by Gasteiger charge is 2.34. The van der Waals surface area contributed by atoms with Crippen LogP contribution in [0.1, 0.15) is 45.1 Å². The predicted molar refractivity (Wildman–Crippen MR) is 126 cm³/mol. The van der Waals surface area contributed by atoms with Crippen molar-refractivity contribution in [1.82, 2.24) is 9.91 Å². The van der Waals surface area contributed by atoms with Crippen molar-refractivity contribution >= 4 is 17.5 Å². The van der Waals surface area contributed by atoms with E-state index < -0.39 is 17.8 Å². The number of hydrazone groups is 1. The van der Waals surface area contributed by atoms with Crippen LogP contribution in [-0.2, 0) is 4.79 Å². The van der Waals surface area contributed by atoms with Crippen LogP contribution in [0.3, 0.4) is 0 Å². The highest BCUT2D eigenvalue weighted by atomic mass is 19.1. The minimum absolute atomic E-state index is 0.158. The number of carbonyl (C=O) groups excluding carboxylic acids is 2. The summed E-state index contributed by atoms with van der Waals surface area (Å²) >= 11 is 0. The van der Waals surface area contributed by atoms with Gasteiger partial charge in [-0.05, 0) is 72.5 Å². The van der Waals surface area contributed by atoms with Crippen LogP contribution in [0.5, 0.6) is 0 Å². The lowest BCUT2D eigenvalue weighted by molar-refractivity contribution is -0.133. The number of likely N-dealkylation sites (N-methyl/N-ethyl adjacent to an activating group) is 1. The van der Waals surface area contributed by atoms with Crippen LogP contribution in [-0.4, -0.2) is 41.0 Å². The summed E-state index contributed by atoms with van der Waals surface area (Å²) in [5.41, 5.74) is 4.83. The van der Waals surface area contributed by atoms with Crippen molar-refractivity contribution in [2.75, 3.05) is 13.6 Å². The monoisotopic (exact) mass is 461 g/mol. The highest BCUT2D eigenvalue weighted by Crippen LogP contribution is 2.33. The van der Waals surface area contributed by atoms with Crippen molar-refractivity contribution in [2.45, 2.75) is 26.3 Å². The Kier molecular flexibility index (Phi) is 6.54. The Labute approximate surface area is 197 Å². The van der Waals surface area contributed by atoms with Gasteiger partial charge in [0.25, 0.3) is 11.8 Å². The van der Waals surface area contributed by atoms with Crippen LogP contribution in [0, 0.1) is 25.5 Å². The number of hydrogen-bond acceptors (Lipinski definition) is 3. The van der Waals surface area contributed by atoms with Gasteiger partial charge in [-0.25, -0.2) is 13.8 Å². The maximum Gasteiger partial charge on any atom is 0.262 e. The van der Waals surface area contributed by atoms with Gasteiger partial charge in [-0.2, -0.15) is 5.10 Å². The van der Waals surface area contributed by atoms with Gasteiger partial charge >= 0.3 is 0 Å². The van der Waals surface area contributed by atoms with Gasteiger partial charge in [-0.15, -0.1) is 0 Å². The molecule has 3 aromatic carbocycles.